The molecule has 0 heterocycles. The summed E-state index contributed by atoms with van der Waals surface area (Å²) in [7, 11) is 0. The molecule has 0 aliphatic rings. The van der Waals surface area contributed by atoms with Gasteiger partial charge in [0.05, 0.1) is 0 Å². The average Bonchev–Trinajstić information content (AvgIpc) is 1.37. The van der Waals surface area contributed by atoms with Crippen LogP contribution in [0.3, 0.4) is 0 Å². The number of allylic oxidation sites excluding steroid dienone is 1. The van der Waals surface area contributed by atoms with Crippen LogP contribution in [0.1, 0.15) is 0 Å². The Labute approximate surface area is 41.7 Å². The van der Waals surface area contributed by atoms with E-state index in [2.05, 4.69) is 6.58 Å². The van der Waals surface area contributed by atoms with Gasteiger partial charge in [0.25, 0.3) is 0 Å². The molecule has 21 valence electrons. The van der Waals surface area contributed by atoms with Gasteiger partial charge in [-0.05, 0) is 0 Å². The molecule has 0 saturated heterocycles. The van der Waals surface area contributed by atoms with Crippen LogP contribution in [-0.4, -0.2) is 0 Å². The molecule has 0 bridgehead atoms. The summed E-state index contributed by atoms with van der Waals surface area (Å²) < 4.78 is 1.17. The van der Waals surface area contributed by atoms with E-state index in [1.165, 1.54) is 4.13 Å². The molecule has 4 heavy (non-hydrogen) atoms. The molecule has 0 aliphatic heterocycles. The van der Waals surface area contributed by atoms with Gasteiger partial charge < -0.3 is 0 Å². The van der Waals surface area contributed by atoms with Crippen molar-refractivity contribution in [2.24, 2.45) is 0 Å². The zero-order valence-electron chi connectivity index (χ0n) is 2.49. The van der Waals surface area contributed by atoms with Crippen molar-refractivity contribution < 1.29 is 24.7 Å². The van der Waals surface area contributed by atoms with E-state index in [9.17, 15) is 0 Å². The Morgan fingerprint density at radius 1 is 2.00 bits per heavy atom. The minimum absolute atomic E-state index is 1.17. The molecule has 0 radical (unpaired) electrons. The van der Waals surface area contributed by atoms with Crippen LogP contribution in [0.25, 0.3) is 0 Å². The first-order valence-electron chi connectivity index (χ1n) is 1.17. The van der Waals surface area contributed by atoms with E-state index in [-0.39, 0.29) is 0 Å². The fourth-order valence-electron chi connectivity index (χ4n) is 0. The third-order valence-electron chi connectivity index (χ3n) is 0.144. The van der Waals surface area contributed by atoms with E-state index in [1.807, 2.05) is 6.08 Å². The van der Waals surface area contributed by atoms with E-state index in [4.69, 9.17) is 0 Å². The van der Waals surface area contributed by atoms with Crippen molar-refractivity contribution in [2.75, 3.05) is 0 Å². The third kappa shape index (κ3) is 2.62. The van der Waals surface area contributed by atoms with Gasteiger partial charge in [-0.25, -0.2) is 0 Å². The SMILES string of the molecule is C=C[CH2][Zr]. The van der Waals surface area contributed by atoms with E-state index in [0.717, 1.165) is 0 Å². The van der Waals surface area contributed by atoms with Gasteiger partial charge in [0, 0.05) is 0 Å². The zero-order valence-corrected chi connectivity index (χ0v) is 4.95. The normalized spacial score (nSPS) is 5.75. The summed E-state index contributed by atoms with van der Waals surface area (Å²) in [6.45, 7) is 3.50. The van der Waals surface area contributed by atoms with Crippen LogP contribution in [0.15, 0.2) is 12.7 Å². The maximum absolute atomic E-state index is 3.50. The Balaban J connectivity index is 2.30. The second-order valence-electron chi connectivity index (χ2n) is 0.493. The standard InChI is InChI=1S/C3H5.Zr/c1-3-2;/h3H,1-2H2;. The molecule has 0 aliphatic carbocycles. The molecular formula is C3H5Zr. The fourth-order valence-corrected chi connectivity index (χ4v) is 0. The second-order valence-corrected chi connectivity index (χ2v) is 1.50. The van der Waals surface area contributed by atoms with Gasteiger partial charge in [0.15, 0.2) is 0 Å². The van der Waals surface area contributed by atoms with Crippen molar-refractivity contribution in [1.29, 1.82) is 0 Å². The molecule has 0 rings (SSSR count). The van der Waals surface area contributed by atoms with Gasteiger partial charge >= 0.3 is 41.5 Å². The quantitative estimate of drug-likeness (QED) is 0.469. The molecule has 0 unspecified atom stereocenters. The summed E-state index contributed by atoms with van der Waals surface area (Å²) in [6.07, 6.45) is 1.92. The van der Waals surface area contributed by atoms with Crippen molar-refractivity contribution in [1.82, 2.24) is 0 Å². The van der Waals surface area contributed by atoms with E-state index in [0.29, 0.717) is 0 Å². The van der Waals surface area contributed by atoms with Crippen molar-refractivity contribution in [3.05, 3.63) is 12.7 Å². The summed E-state index contributed by atoms with van der Waals surface area (Å²) in [5.41, 5.74) is 0. The van der Waals surface area contributed by atoms with Crippen molar-refractivity contribution in [2.45, 2.75) is 4.13 Å². The van der Waals surface area contributed by atoms with Gasteiger partial charge in [-0.3, -0.25) is 0 Å². The molecule has 0 atom stereocenters. The Bertz CT molecular complexity index is 17.2. The topological polar surface area (TPSA) is 0 Å². The monoisotopic (exact) mass is 131 g/mol. The first-order chi connectivity index (χ1) is 1.91. The van der Waals surface area contributed by atoms with Crippen LogP contribution >= 0.6 is 0 Å². The van der Waals surface area contributed by atoms with E-state index >= 15 is 0 Å². The summed E-state index contributed by atoms with van der Waals surface area (Å²) in [4.78, 5) is 0. The molecule has 0 amide bonds. The molecule has 0 N–H and O–H groups in total. The Kier molecular flexibility index (Phi) is 4.19. The first-order valence-corrected chi connectivity index (χ1v) is 2.91. The molecule has 0 aromatic rings. The van der Waals surface area contributed by atoms with Crippen LogP contribution in [0.5, 0.6) is 0 Å². The van der Waals surface area contributed by atoms with Crippen LogP contribution in [-0.2, 0) is 24.7 Å². The molecule has 0 saturated carbocycles. The number of hydrogen-bond donors (Lipinski definition) is 0. The Morgan fingerprint density at radius 3 is 2.25 bits per heavy atom. The summed E-state index contributed by atoms with van der Waals surface area (Å²) in [5, 5.41) is 0. The third-order valence-corrected chi connectivity index (χ3v) is 0.854. The van der Waals surface area contributed by atoms with Crippen molar-refractivity contribution >= 4 is 0 Å². The Morgan fingerprint density at radius 2 is 2.25 bits per heavy atom. The summed E-state index contributed by atoms with van der Waals surface area (Å²) in [5.74, 6) is 0. The molecule has 0 aromatic carbocycles. The summed E-state index contributed by atoms with van der Waals surface area (Å²) >= 11 is 1.55. The van der Waals surface area contributed by atoms with Gasteiger partial charge in [-0.15, -0.1) is 0 Å². The molecule has 0 spiro atoms. The first kappa shape index (κ1) is 4.62. The van der Waals surface area contributed by atoms with Gasteiger partial charge in [-0.2, -0.15) is 0 Å². The van der Waals surface area contributed by atoms with Gasteiger partial charge in [0.1, 0.15) is 0 Å². The predicted octanol–water partition coefficient (Wildman–Crippen LogP) is 1.14. The summed E-state index contributed by atoms with van der Waals surface area (Å²) in [6, 6.07) is 0. The van der Waals surface area contributed by atoms with Crippen LogP contribution in [0, 0.1) is 0 Å². The average molecular weight is 132 g/mol. The molecule has 0 aromatic heterocycles. The van der Waals surface area contributed by atoms with Crippen molar-refractivity contribution in [3.8, 4) is 0 Å². The number of rotatable bonds is 1. The van der Waals surface area contributed by atoms with Gasteiger partial charge in [0.2, 0.25) is 0 Å². The maximum atomic E-state index is 3.50. The van der Waals surface area contributed by atoms with Crippen LogP contribution in [0.2, 0.25) is 4.13 Å². The zero-order chi connectivity index (χ0) is 3.41. The van der Waals surface area contributed by atoms with Gasteiger partial charge in [-0.1, -0.05) is 0 Å². The molecule has 0 nitrogen and oxygen atoms in total. The van der Waals surface area contributed by atoms with Crippen LogP contribution < -0.4 is 0 Å². The molecule has 1 heteroatoms. The Hall–Kier alpha value is 0.623. The number of hydrogen-bond acceptors (Lipinski definition) is 0. The fraction of sp³-hybridized carbons (Fsp3) is 0.333. The second kappa shape index (κ2) is 3.62. The van der Waals surface area contributed by atoms with E-state index in [1.54, 1.807) is 24.7 Å². The van der Waals surface area contributed by atoms with Crippen molar-refractivity contribution in [3.63, 3.8) is 0 Å². The van der Waals surface area contributed by atoms with E-state index < -0.39 is 0 Å². The van der Waals surface area contributed by atoms with Crippen LogP contribution in [0.4, 0.5) is 0 Å². The predicted molar refractivity (Wildman–Crippen MR) is 15.0 cm³/mol. The molecular weight excluding hydrogens is 127 g/mol. The minimum atomic E-state index is 1.17. The molecule has 0 fully saturated rings.